The summed E-state index contributed by atoms with van der Waals surface area (Å²) in [7, 11) is 2.59. The Bertz CT molecular complexity index is 762. The van der Waals surface area contributed by atoms with Crippen LogP contribution in [0.3, 0.4) is 0 Å². The third kappa shape index (κ3) is 2.03. The first kappa shape index (κ1) is 13.7. The molecule has 1 heterocycles. The van der Waals surface area contributed by atoms with Gasteiger partial charge in [0.05, 0.1) is 0 Å². The largest absolute Gasteiger partial charge is 0.494 e. The Morgan fingerprint density at radius 2 is 1.70 bits per heavy atom. The molecule has 7 nitrogen and oxygen atoms in total. The summed E-state index contributed by atoms with van der Waals surface area (Å²) >= 11 is 0. The first-order chi connectivity index (χ1) is 9.49. The van der Waals surface area contributed by atoms with Gasteiger partial charge in [0, 0.05) is 14.1 Å². The Morgan fingerprint density at radius 1 is 1.10 bits per heavy atom. The van der Waals surface area contributed by atoms with Crippen LogP contribution >= 0.6 is 0 Å². The van der Waals surface area contributed by atoms with Crippen molar-refractivity contribution in [2.45, 2.75) is 6.04 Å². The Hall–Kier alpha value is -2.70. The van der Waals surface area contributed by atoms with Crippen LogP contribution in [0.5, 0.6) is 5.88 Å². The highest BCUT2D eigenvalue weighted by atomic mass is 16.3. The lowest BCUT2D eigenvalue weighted by Crippen LogP contribution is -2.39. The molecule has 0 aliphatic heterocycles. The van der Waals surface area contributed by atoms with E-state index < -0.39 is 23.2 Å². The van der Waals surface area contributed by atoms with Gasteiger partial charge < -0.3 is 5.11 Å². The fourth-order valence-corrected chi connectivity index (χ4v) is 2.01. The molecule has 104 valence electrons. The number of rotatable bonds is 3. The fraction of sp³-hybridized carbons (Fsp3) is 0.231. The second kappa shape index (κ2) is 5.12. The molecule has 2 aromatic rings. The maximum atomic E-state index is 12.1. The molecule has 0 amide bonds. The summed E-state index contributed by atoms with van der Waals surface area (Å²) in [5, 5.41) is 12.9. The molecule has 0 radical (unpaired) electrons. The van der Waals surface area contributed by atoms with Crippen LogP contribution in [0.2, 0.25) is 0 Å². The monoisotopic (exact) mass is 275 g/mol. The maximum Gasteiger partial charge on any atom is 0.333 e. The highest BCUT2D eigenvalue weighted by Crippen LogP contribution is 2.28. The van der Waals surface area contributed by atoms with E-state index in [1.807, 2.05) is 0 Å². The molecule has 1 aromatic carbocycles. The SMILES string of the molecule is Cn1c(O)c(C(N=O)c2ccccc2)c(=O)n(C)c1=O. The van der Waals surface area contributed by atoms with E-state index in [1.54, 1.807) is 30.3 Å². The van der Waals surface area contributed by atoms with Gasteiger partial charge in [-0.3, -0.25) is 13.9 Å². The predicted molar refractivity (Wildman–Crippen MR) is 72.7 cm³/mol. The quantitative estimate of drug-likeness (QED) is 0.832. The van der Waals surface area contributed by atoms with Crippen molar-refractivity contribution in [2.24, 2.45) is 19.3 Å². The first-order valence-electron chi connectivity index (χ1n) is 5.85. The lowest BCUT2D eigenvalue weighted by atomic mass is 10.0. The van der Waals surface area contributed by atoms with Gasteiger partial charge in [0.1, 0.15) is 5.56 Å². The summed E-state index contributed by atoms with van der Waals surface area (Å²) in [5.74, 6) is -0.549. The summed E-state index contributed by atoms with van der Waals surface area (Å²) in [6, 6.07) is 7.21. The van der Waals surface area contributed by atoms with Crippen LogP contribution in [0.15, 0.2) is 45.1 Å². The van der Waals surface area contributed by atoms with E-state index in [4.69, 9.17) is 0 Å². The molecule has 0 saturated carbocycles. The van der Waals surface area contributed by atoms with Crippen LogP contribution in [0, 0.1) is 4.91 Å². The van der Waals surface area contributed by atoms with Crippen molar-refractivity contribution in [3.8, 4) is 5.88 Å². The second-order valence-corrected chi connectivity index (χ2v) is 4.36. The molecule has 2 rings (SSSR count). The van der Waals surface area contributed by atoms with Gasteiger partial charge in [-0.2, -0.15) is 0 Å². The molecule has 0 spiro atoms. The molecule has 1 N–H and O–H groups in total. The lowest BCUT2D eigenvalue weighted by molar-refractivity contribution is 0.400. The zero-order chi connectivity index (χ0) is 14.9. The molecule has 0 aliphatic rings. The highest BCUT2D eigenvalue weighted by Gasteiger charge is 2.25. The number of aromatic hydroxyl groups is 1. The van der Waals surface area contributed by atoms with Crippen LogP contribution in [0.1, 0.15) is 17.2 Å². The topological polar surface area (TPSA) is 93.7 Å². The average Bonchev–Trinajstić information content (AvgIpc) is 2.48. The predicted octanol–water partition coefficient (Wildman–Crippen LogP) is 0.645. The second-order valence-electron chi connectivity index (χ2n) is 4.36. The number of aromatic nitrogens is 2. The van der Waals surface area contributed by atoms with Crippen LogP contribution < -0.4 is 11.2 Å². The maximum absolute atomic E-state index is 12.1. The van der Waals surface area contributed by atoms with Crippen molar-refractivity contribution >= 4 is 0 Å². The molecule has 0 aliphatic carbocycles. The molecule has 7 heteroatoms. The summed E-state index contributed by atoms with van der Waals surface area (Å²) < 4.78 is 1.73. The molecule has 0 fully saturated rings. The minimum Gasteiger partial charge on any atom is -0.494 e. The van der Waals surface area contributed by atoms with Crippen molar-refractivity contribution in [2.75, 3.05) is 0 Å². The van der Waals surface area contributed by atoms with Crippen LogP contribution in [-0.2, 0) is 14.1 Å². The molecule has 0 bridgehead atoms. The van der Waals surface area contributed by atoms with Crippen LogP contribution in [-0.4, -0.2) is 14.2 Å². The number of nitroso groups, excluding NO2 is 1. The van der Waals surface area contributed by atoms with Crippen molar-refractivity contribution in [1.82, 2.24) is 9.13 Å². The van der Waals surface area contributed by atoms with E-state index >= 15 is 0 Å². The van der Waals surface area contributed by atoms with Crippen LogP contribution in [0.4, 0.5) is 0 Å². The third-order valence-corrected chi connectivity index (χ3v) is 3.16. The summed E-state index contributed by atoms with van der Waals surface area (Å²) in [5.41, 5.74) is -1.16. The Labute approximate surface area is 113 Å². The Kier molecular flexibility index (Phi) is 3.51. The van der Waals surface area contributed by atoms with E-state index in [2.05, 4.69) is 5.18 Å². The first-order valence-corrected chi connectivity index (χ1v) is 5.85. The Morgan fingerprint density at radius 3 is 2.25 bits per heavy atom. The van der Waals surface area contributed by atoms with Crippen molar-refractivity contribution in [3.63, 3.8) is 0 Å². The van der Waals surface area contributed by atoms with Gasteiger partial charge >= 0.3 is 5.69 Å². The third-order valence-electron chi connectivity index (χ3n) is 3.16. The van der Waals surface area contributed by atoms with E-state index in [-0.39, 0.29) is 5.56 Å². The number of hydrogen-bond acceptors (Lipinski definition) is 5. The van der Waals surface area contributed by atoms with Gasteiger partial charge in [0.2, 0.25) is 5.88 Å². The number of hydrogen-bond donors (Lipinski definition) is 1. The molecule has 20 heavy (non-hydrogen) atoms. The van der Waals surface area contributed by atoms with Gasteiger partial charge in [-0.05, 0) is 5.56 Å². The van der Waals surface area contributed by atoms with Gasteiger partial charge in [-0.1, -0.05) is 35.5 Å². The zero-order valence-electron chi connectivity index (χ0n) is 11.0. The van der Waals surface area contributed by atoms with Crippen LogP contribution in [0.25, 0.3) is 0 Å². The molecule has 0 saturated heterocycles. The van der Waals surface area contributed by atoms with E-state index in [0.29, 0.717) is 5.56 Å². The molecule has 1 atom stereocenters. The lowest BCUT2D eigenvalue weighted by Gasteiger charge is -2.14. The smallest absolute Gasteiger partial charge is 0.333 e. The van der Waals surface area contributed by atoms with Gasteiger partial charge in [-0.15, -0.1) is 4.91 Å². The van der Waals surface area contributed by atoms with Crippen molar-refractivity contribution in [1.29, 1.82) is 0 Å². The molecular weight excluding hydrogens is 262 g/mol. The van der Waals surface area contributed by atoms with E-state index in [9.17, 15) is 19.6 Å². The minimum absolute atomic E-state index is 0.212. The normalized spacial score (nSPS) is 12.1. The number of benzene rings is 1. The average molecular weight is 275 g/mol. The summed E-state index contributed by atoms with van der Waals surface area (Å²) in [4.78, 5) is 34.9. The molecule has 1 unspecified atom stereocenters. The summed E-state index contributed by atoms with van der Waals surface area (Å²) in [6.45, 7) is 0. The minimum atomic E-state index is -1.17. The van der Waals surface area contributed by atoms with E-state index in [1.165, 1.54) is 14.1 Å². The van der Waals surface area contributed by atoms with Gasteiger partial charge in [-0.25, -0.2) is 4.79 Å². The number of nitrogens with zero attached hydrogens (tertiary/aromatic N) is 3. The van der Waals surface area contributed by atoms with Gasteiger partial charge in [0.15, 0.2) is 6.04 Å². The fourth-order valence-electron chi connectivity index (χ4n) is 2.01. The van der Waals surface area contributed by atoms with Crippen molar-refractivity contribution in [3.05, 3.63) is 67.2 Å². The van der Waals surface area contributed by atoms with Gasteiger partial charge in [0.25, 0.3) is 5.56 Å². The highest BCUT2D eigenvalue weighted by molar-refractivity contribution is 5.36. The molecule has 1 aromatic heterocycles. The standard InChI is InChI=1S/C13H13N3O4/c1-15-11(17)9(12(18)16(2)13(15)19)10(14-20)8-6-4-3-5-7-8/h3-7,10,17H,1-2H3. The zero-order valence-corrected chi connectivity index (χ0v) is 11.0. The molecular formula is C13H13N3O4. The van der Waals surface area contributed by atoms with Crippen molar-refractivity contribution < 1.29 is 5.11 Å². The Balaban J connectivity index is 2.78. The summed E-state index contributed by atoms with van der Waals surface area (Å²) in [6.07, 6.45) is 0. The van der Waals surface area contributed by atoms with E-state index in [0.717, 1.165) is 9.13 Å².